The van der Waals surface area contributed by atoms with Gasteiger partial charge in [0.2, 0.25) is 0 Å². The van der Waals surface area contributed by atoms with E-state index in [1.54, 1.807) is 0 Å². The van der Waals surface area contributed by atoms with Crippen LogP contribution in [0.4, 0.5) is 0 Å². The van der Waals surface area contributed by atoms with Crippen LogP contribution in [0.25, 0.3) is 0 Å². The fourth-order valence-corrected chi connectivity index (χ4v) is 2.10. The van der Waals surface area contributed by atoms with Crippen molar-refractivity contribution in [1.29, 1.82) is 0 Å². The van der Waals surface area contributed by atoms with Gasteiger partial charge in [0.15, 0.2) is 6.29 Å². The standard InChI is InChI=1S/C16H27NO3/c1-5-19-15(20-6-2)12-17(4)13(3)16(18)14-10-8-7-9-11-14/h7-11,13,15-16,18H,5-6,12H2,1-4H3/t13-,16+/m0/s1. The summed E-state index contributed by atoms with van der Waals surface area (Å²) in [6.45, 7) is 7.78. The lowest BCUT2D eigenvalue weighted by molar-refractivity contribution is -0.150. The van der Waals surface area contributed by atoms with Gasteiger partial charge in [0, 0.05) is 25.8 Å². The van der Waals surface area contributed by atoms with Gasteiger partial charge >= 0.3 is 0 Å². The SMILES string of the molecule is CCOC(CN(C)[C@@H](C)[C@@H](O)c1ccccc1)OCC. The Morgan fingerprint density at radius 1 is 1.10 bits per heavy atom. The Kier molecular flexibility index (Phi) is 7.77. The van der Waals surface area contributed by atoms with Crippen molar-refractivity contribution in [3.8, 4) is 0 Å². The number of rotatable bonds is 9. The van der Waals surface area contributed by atoms with Crippen molar-refractivity contribution in [2.45, 2.75) is 39.2 Å². The van der Waals surface area contributed by atoms with Crippen LogP contribution in [0.15, 0.2) is 30.3 Å². The minimum atomic E-state index is -0.523. The van der Waals surface area contributed by atoms with Gasteiger partial charge in [-0.25, -0.2) is 0 Å². The smallest absolute Gasteiger partial charge is 0.170 e. The molecular formula is C16H27NO3. The Labute approximate surface area is 122 Å². The Balaban J connectivity index is 2.58. The monoisotopic (exact) mass is 281 g/mol. The molecule has 114 valence electrons. The largest absolute Gasteiger partial charge is 0.387 e. The van der Waals surface area contributed by atoms with E-state index < -0.39 is 6.10 Å². The van der Waals surface area contributed by atoms with Gasteiger partial charge < -0.3 is 14.6 Å². The molecule has 0 aliphatic rings. The molecule has 0 bridgehead atoms. The van der Waals surface area contributed by atoms with Crippen molar-refractivity contribution in [3.05, 3.63) is 35.9 Å². The highest BCUT2D eigenvalue weighted by molar-refractivity contribution is 5.18. The van der Waals surface area contributed by atoms with Crippen molar-refractivity contribution in [2.75, 3.05) is 26.8 Å². The van der Waals surface area contributed by atoms with Gasteiger partial charge in [-0.1, -0.05) is 30.3 Å². The van der Waals surface area contributed by atoms with E-state index in [1.165, 1.54) is 0 Å². The normalized spacial score (nSPS) is 14.8. The number of nitrogens with zero attached hydrogens (tertiary/aromatic N) is 1. The predicted molar refractivity (Wildman–Crippen MR) is 80.5 cm³/mol. The highest BCUT2D eigenvalue weighted by Gasteiger charge is 2.23. The second-order valence-electron chi connectivity index (χ2n) is 4.88. The molecule has 1 aromatic carbocycles. The molecule has 4 heteroatoms. The summed E-state index contributed by atoms with van der Waals surface area (Å²) >= 11 is 0. The van der Waals surface area contributed by atoms with E-state index in [2.05, 4.69) is 4.90 Å². The molecule has 0 unspecified atom stereocenters. The molecule has 0 fully saturated rings. The van der Waals surface area contributed by atoms with Crippen molar-refractivity contribution in [3.63, 3.8) is 0 Å². The van der Waals surface area contributed by atoms with Crippen molar-refractivity contribution in [1.82, 2.24) is 4.90 Å². The summed E-state index contributed by atoms with van der Waals surface area (Å²) in [5, 5.41) is 10.4. The molecule has 0 aliphatic carbocycles. The van der Waals surface area contributed by atoms with E-state index in [1.807, 2.05) is 58.2 Å². The van der Waals surface area contributed by atoms with Crippen LogP contribution in [0, 0.1) is 0 Å². The quantitative estimate of drug-likeness (QED) is 0.706. The van der Waals surface area contributed by atoms with Gasteiger partial charge in [0.05, 0.1) is 6.10 Å². The van der Waals surface area contributed by atoms with E-state index >= 15 is 0 Å². The van der Waals surface area contributed by atoms with Crippen LogP contribution in [0.5, 0.6) is 0 Å². The van der Waals surface area contributed by atoms with Crippen molar-refractivity contribution in [2.24, 2.45) is 0 Å². The van der Waals surface area contributed by atoms with Crippen LogP contribution in [0.3, 0.4) is 0 Å². The van der Waals surface area contributed by atoms with Crippen LogP contribution < -0.4 is 0 Å². The summed E-state index contributed by atoms with van der Waals surface area (Å²) < 4.78 is 11.1. The van der Waals surface area contributed by atoms with E-state index in [0.29, 0.717) is 19.8 Å². The molecule has 0 radical (unpaired) electrons. The molecule has 0 saturated heterocycles. The minimum Gasteiger partial charge on any atom is -0.387 e. The van der Waals surface area contributed by atoms with Crippen molar-refractivity contribution >= 4 is 0 Å². The number of aliphatic hydroxyl groups excluding tert-OH is 1. The molecular weight excluding hydrogens is 254 g/mol. The topological polar surface area (TPSA) is 41.9 Å². The number of likely N-dealkylation sites (N-methyl/N-ethyl adjacent to an activating group) is 1. The zero-order chi connectivity index (χ0) is 15.0. The third-order valence-corrected chi connectivity index (χ3v) is 3.44. The number of hydrogen-bond donors (Lipinski definition) is 1. The molecule has 1 rings (SSSR count). The Morgan fingerprint density at radius 3 is 2.15 bits per heavy atom. The van der Waals surface area contributed by atoms with Crippen molar-refractivity contribution < 1.29 is 14.6 Å². The molecule has 0 saturated carbocycles. The van der Waals surface area contributed by atoms with E-state index in [9.17, 15) is 5.11 Å². The van der Waals surface area contributed by atoms with Crippen LogP contribution in [0.2, 0.25) is 0 Å². The predicted octanol–water partition coefficient (Wildman–Crippen LogP) is 2.44. The van der Waals surface area contributed by atoms with Gasteiger partial charge in [0.25, 0.3) is 0 Å². The Hall–Kier alpha value is -0.940. The summed E-state index contributed by atoms with van der Waals surface area (Å²) in [7, 11) is 1.97. The summed E-state index contributed by atoms with van der Waals surface area (Å²) in [5.74, 6) is 0. The fourth-order valence-electron chi connectivity index (χ4n) is 2.10. The number of ether oxygens (including phenoxy) is 2. The fraction of sp³-hybridized carbons (Fsp3) is 0.625. The zero-order valence-corrected chi connectivity index (χ0v) is 13.0. The molecule has 1 N–H and O–H groups in total. The zero-order valence-electron chi connectivity index (χ0n) is 13.0. The first-order chi connectivity index (χ1) is 9.60. The molecule has 0 heterocycles. The summed E-state index contributed by atoms with van der Waals surface area (Å²) in [6.07, 6.45) is -0.773. The van der Waals surface area contributed by atoms with Gasteiger partial charge in [-0.2, -0.15) is 0 Å². The Morgan fingerprint density at radius 2 is 1.65 bits per heavy atom. The maximum Gasteiger partial charge on any atom is 0.170 e. The lowest BCUT2D eigenvalue weighted by Crippen LogP contribution is -2.41. The highest BCUT2D eigenvalue weighted by atomic mass is 16.7. The van der Waals surface area contributed by atoms with Crippen LogP contribution in [-0.4, -0.2) is 49.1 Å². The average Bonchev–Trinajstić information content (AvgIpc) is 2.47. The molecule has 0 amide bonds. The highest BCUT2D eigenvalue weighted by Crippen LogP contribution is 2.20. The minimum absolute atomic E-state index is 0.0131. The first-order valence-corrected chi connectivity index (χ1v) is 7.26. The molecule has 2 atom stereocenters. The third-order valence-electron chi connectivity index (χ3n) is 3.44. The second kappa shape index (κ2) is 9.08. The van der Waals surface area contributed by atoms with Gasteiger partial charge in [0.1, 0.15) is 0 Å². The molecule has 0 aromatic heterocycles. The van der Waals surface area contributed by atoms with Gasteiger partial charge in [-0.3, -0.25) is 4.90 Å². The van der Waals surface area contributed by atoms with Crippen LogP contribution >= 0.6 is 0 Å². The molecule has 1 aromatic rings. The molecule has 20 heavy (non-hydrogen) atoms. The lowest BCUT2D eigenvalue weighted by atomic mass is 10.0. The third kappa shape index (κ3) is 5.21. The van der Waals surface area contributed by atoms with E-state index in [-0.39, 0.29) is 12.3 Å². The first-order valence-electron chi connectivity index (χ1n) is 7.26. The number of benzene rings is 1. The number of hydrogen-bond acceptors (Lipinski definition) is 4. The summed E-state index contributed by atoms with van der Waals surface area (Å²) in [6, 6.07) is 9.70. The Bertz CT molecular complexity index is 352. The average molecular weight is 281 g/mol. The molecule has 0 spiro atoms. The molecule has 0 aliphatic heterocycles. The number of aliphatic hydroxyl groups is 1. The second-order valence-corrected chi connectivity index (χ2v) is 4.88. The van der Waals surface area contributed by atoms with Gasteiger partial charge in [-0.15, -0.1) is 0 Å². The van der Waals surface area contributed by atoms with Crippen LogP contribution in [-0.2, 0) is 9.47 Å². The van der Waals surface area contributed by atoms with Gasteiger partial charge in [-0.05, 0) is 33.4 Å². The van der Waals surface area contributed by atoms with E-state index in [4.69, 9.17) is 9.47 Å². The lowest BCUT2D eigenvalue weighted by Gasteiger charge is -2.31. The maximum absolute atomic E-state index is 10.4. The van der Waals surface area contributed by atoms with E-state index in [0.717, 1.165) is 5.56 Å². The first kappa shape index (κ1) is 17.1. The molecule has 4 nitrogen and oxygen atoms in total. The summed E-state index contributed by atoms with van der Waals surface area (Å²) in [4.78, 5) is 2.06. The maximum atomic E-state index is 10.4. The summed E-state index contributed by atoms with van der Waals surface area (Å²) in [5.41, 5.74) is 0.927. The van der Waals surface area contributed by atoms with Crippen LogP contribution in [0.1, 0.15) is 32.4 Å².